The van der Waals surface area contributed by atoms with Crippen molar-refractivity contribution in [3.8, 4) is 5.75 Å². The second-order valence-electron chi connectivity index (χ2n) is 8.23. The Hall–Kier alpha value is -2.16. The van der Waals surface area contributed by atoms with Crippen molar-refractivity contribution in [1.29, 1.82) is 0 Å². The van der Waals surface area contributed by atoms with E-state index in [4.69, 9.17) is 20.5 Å². The van der Waals surface area contributed by atoms with Crippen molar-refractivity contribution in [1.82, 2.24) is 4.90 Å². The third-order valence-corrected chi connectivity index (χ3v) is 7.38. The third-order valence-electron chi connectivity index (χ3n) is 5.90. The predicted octanol–water partition coefficient (Wildman–Crippen LogP) is 4.55. The summed E-state index contributed by atoms with van der Waals surface area (Å²) in [6.45, 7) is 1.27. The van der Waals surface area contributed by atoms with E-state index in [9.17, 15) is 17.6 Å². The molecule has 1 saturated carbocycles. The lowest BCUT2D eigenvalue weighted by atomic mass is 9.84. The van der Waals surface area contributed by atoms with E-state index >= 15 is 0 Å². The summed E-state index contributed by atoms with van der Waals surface area (Å²) in [5, 5.41) is 0.402. The van der Waals surface area contributed by atoms with Gasteiger partial charge in [-0.25, -0.2) is 4.39 Å². The number of rotatable bonds is 8. The molecular formula is C23H25ClFNO5S. The topological polar surface area (TPSA) is 72.9 Å². The highest BCUT2D eigenvalue weighted by molar-refractivity contribution is 7.87. The Morgan fingerprint density at radius 3 is 2.50 bits per heavy atom. The maximum absolute atomic E-state index is 13.2. The Morgan fingerprint density at radius 2 is 1.88 bits per heavy atom. The number of carbonyl (C=O) groups is 1. The van der Waals surface area contributed by atoms with Gasteiger partial charge in [0.25, 0.3) is 0 Å². The van der Waals surface area contributed by atoms with E-state index in [1.165, 1.54) is 12.1 Å². The molecule has 4 rings (SSSR count). The number of benzene rings is 2. The number of halogens is 2. The second-order valence-corrected chi connectivity index (χ2v) is 10.2. The van der Waals surface area contributed by atoms with Gasteiger partial charge in [0, 0.05) is 36.2 Å². The molecule has 172 valence electrons. The van der Waals surface area contributed by atoms with Crippen molar-refractivity contribution >= 4 is 27.6 Å². The molecule has 1 saturated heterocycles. The van der Waals surface area contributed by atoms with Crippen molar-refractivity contribution in [2.24, 2.45) is 5.92 Å². The highest BCUT2D eigenvalue weighted by atomic mass is 35.5. The molecule has 0 radical (unpaired) electrons. The zero-order chi connectivity index (χ0) is 22.7. The zero-order valence-corrected chi connectivity index (χ0v) is 19.1. The highest BCUT2D eigenvalue weighted by Crippen LogP contribution is 2.32. The summed E-state index contributed by atoms with van der Waals surface area (Å²) >= 11 is 6.18. The predicted molar refractivity (Wildman–Crippen MR) is 117 cm³/mol. The molecule has 1 atom stereocenters. The van der Waals surface area contributed by atoms with Crippen LogP contribution >= 0.6 is 11.6 Å². The van der Waals surface area contributed by atoms with Gasteiger partial charge in [0.15, 0.2) is 0 Å². The van der Waals surface area contributed by atoms with Crippen LogP contribution in [0, 0.1) is 11.7 Å². The van der Waals surface area contributed by atoms with Crippen LogP contribution in [0.5, 0.6) is 5.75 Å². The molecule has 0 spiro atoms. The van der Waals surface area contributed by atoms with Crippen molar-refractivity contribution in [3.63, 3.8) is 0 Å². The summed E-state index contributed by atoms with van der Waals surface area (Å²) in [6, 6.07) is 9.00. The molecule has 9 heteroatoms. The molecule has 1 amide bonds. The molecule has 0 unspecified atom stereocenters. The first-order chi connectivity index (χ1) is 15.3. The van der Waals surface area contributed by atoms with E-state index in [1.54, 1.807) is 11.0 Å². The van der Waals surface area contributed by atoms with Gasteiger partial charge >= 0.3 is 10.1 Å². The third kappa shape index (κ3) is 5.42. The minimum absolute atomic E-state index is 0.0112. The first-order valence-electron chi connectivity index (χ1n) is 10.7. The van der Waals surface area contributed by atoms with E-state index in [0.717, 1.165) is 56.4 Å². The molecule has 0 aromatic heterocycles. The van der Waals surface area contributed by atoms with E-state index in [-0.39, 0.29) is 35.1 Å². The first-order valence-corrected chi connectivity index (χ1v) is 12.5. The van der Waals surface area contributed by atoms with E-state index < -0.39 is 15.9 Å². The Kier molecular flexibility index (Phi) is 7.02. The van der Waals surface area contributed by atoms with Gasteiger partial charge < -0.3 is 13.8 Å². The fourth-order valence-corrected chi connectivity index (χ4v) is 5.07. The molecule has 32 heavy (non-hydrogen) atoms. The van der Waals surface area contributed by atoms with Crippen molar-refractivity contribution in [3.05, 3.63) is 58.9 Å². The molecule has 0 bridgehead atoms. The molecule has 2 aliphatic rings. The Balaban J connectivity index is 1.59. The minimum Gasteiger partial charge on any atom is -0.379 e. The average molecular weight is 482 g/mol. The maximum Gasteiger partial charge on any atom is 0.339 e. The van der Waals surface area contributed by atoms with Crippen molar-refractivity contribution < 1.29 is 26.5 Å². The van der Waals surface area contributed by atoms with Crippen LogP contribution in [0.4, 0.5) is 4.39 Å². The van der Waals surface area contributed by atoms with Gasteiger partial charge in [-0.2, -0.15) is 8.42 Å². The van der Waals surface area contributed by atoms with Crippen LogP contribution in [-0.2, 0) is 26.2 Å². The van der Waals surface area contributed by atoms with Crippen LogP contribution in [0.2, 0.25) is 5.02 Å². The Labute approximate surface area is 192 Å². The molecule has 2 aromatic carbocycles. The van der Waals surface area contributed by atoms with Crippen LogP contribution in [0.1, 0.15) is 37.7 Å². The highest BCUT2D eigenvalue weighted by Gasteiger charge is 2.32. The lowest BCUT2D eigenvalue weighted by Gasteiger charge is -2.33. The van der Waals surface area contributed by atoms with Crippen LogP contribution in [0.25, 0.3) is 0 Å². The average Bonchev–Trinajstić information content (AvgIpc) is 3.21. The monoisotopic (exact) mass is 481 g/mol. The summed E-state index contributed by atoms with van der Waals surface area (Å²) in [6.07, 6.45) is 4.55. The minimum atomic E-state index is -4.19. The molecule has 2 fully saturated rings. The van der Waals surface area contributed by atoms with E-state index in [0.29, 0.717) is 23.7 Å². The lowest BCUT2D eigenvalue weighted by molar-refractivity contribution is -0.140. The molecule has 1 aliphatic heterocycles. The second kappa shape index (κ2) is 9.77. The van der Waals surface area contributed by atoms with Gasteiger partial charge in [-0.05, 0) is 68.1 Å². The molecular weight excluding hydrogens is 457 g/mol. The smallest absolute Gasteiger partial charge is 0.339 e. The van der Waals surface area contributed by atoms with Gasteiger partial charge in [-0.3, -0.25) is 4.79 Å². The number of hydrogen-bond donors (Lipinski definition) is 0. The van der Waals surface area contributed by atoms with Gasteiger partial charge in [0.1, 0.15) is 16.5 Å². The van der Waals surface area contributed by atoms with E-state index in [2.05, 4.69) is 0 Å². The first kappa shape index (κ1) is 23.0. The van der Waals surface area contributed by atoms with E-state index in [1.807, 2.05) is 0 Å². The number of hydrogen-bond acceptors (Lipinski definition) is 5. The summed E-state index contributed by atoms with van der Waals surface area (Å²) < 4.78 is 49.8. The standard InChI is InChI=1S/C23H25ClFNO5S/c24-18-6-11-22(31-32(28,29)21-9-7-19(25)8-10-21)17(13-18)14-26(15-20-5-2-12-30-20)23(27)16-3-1-4-16/h6-11,13,16,20H,1-5,12,14-15H2/t20-/m1/s1. The molecule has 2 aromatic rings. The summed E-state index contributed by atoms with van der Waals surface area (Å²) in [7, 11) is -4.19. The zero-order valence-electron chi connectivity index (χ0n) is 17.5. The summed E-state index contributed by atoms with van der Waals surface area (Å²) in [5.41, 5.74) is 0.480. The van der Waals surface area contributed by atoms with Gasteiger partial charge in [0.05, 0.1) is 6.10 Å². The van der Waals surface area contributed by atoms with Gasteiger partial charge in [-0.15, -0.1) is 0 Å². The fourth-order valence-electron chi connectivity index (χ4n) is 3.91. The number of ether oxygens (including phenoxy) is 1. The Morgan fingerprint density at radius 1 is 1.12 bits per heavy atom. The van der Waals surface area contributed by atoms with Gasteiger partial charge in [-0.1, -0.05) is 18.0 Å². The van der Waals surface area contributed by atoms with Crippen molar-refractivity contribution in [2.75, 3.05) is 13.2 Å². The molecule has 6 nitrogen and oxygen atoms in total. The van der Waals surface area contributed by atoms with Crippen LogP contribution < -0.4 is 4.18 Å². The molecule has 1 heterocycles. The number of nitrogens with zero attached hydrogens (tertiary/aromatic N) is 1. The maximum atomic E-state index is 13.2. The lowest BCUT2D eigenvalue weighted by Crippen LogP contribution is -2.42. The molecule has 0 N–H and O–H groups in total. The normalized spacial score (nSPS) is 18.9. The Bertz CT molecular complexity index is 1070. The van der Waals surface area contributed by atoms with Crippen LogP contribution in [-0.4, -0.2) is 38.5 Å². The quantitative estimate of drug-likeness (QED) is 0.517. The van der Waals surface area contributed by atoms with Crippen molar-refractivity contribution in [2.45, 2.75) is 49.6 Å². The molecule has 1 aliphatic carbocycles. The summed E-state index contributed by atoms with van der Waals surface area (Å²) in [5.74, 6) is -0.435. The van der Waals surface area contributed by atoms with Crippen LogP contribution in [0.3, 0.4) is 0 Å². The fraction of sp³-hybridized carbons (Fsp3) is 0.435. The number of carbonyl (C=O) groups excluding carboxylic acids is 1. The number of amides is 1. The SMILES string of the molecule is O=C(C1CCC1)N(Cc1cc(Cl)ccc1OS(=O)(=O)c1ccc(F)cc1)C[C@H]1CCCO1. The summed E-state index contributed by atoms with van der Waals surface area (Å²) in [4.78, 5) is 14.7. The van der Waals surface area contributed by atoms with Gasteiger partial charge in [0.2, 0.25) is 5.91 Å². The largest absolute Gasteiger partial charge is 0.379 e. The van der Waals surface area contributed by atoms with Crippen LogP contribution in [0.15, 0.2) is 47.4 Å².